The van der Waals surface area contributed by atoms with Crippen molar-refractivity contribution in [3.63, 3.8) is 0 Å². The Morgan fingerprint density at radius 1 is 1.03 bits per heavy atom. The Balaban J connectivity index is 1.34. The number of anilines is 1. The number of amides is 1. The number of pyridine rings is 2. The van der Waals surface area contributed by atoms with E-state index in [2.05, 4.69) is 34.3 Å². The predicted octanol–water partition coefficient (Wildman–Crippen LogP) is 3.54. The van der Waals surface area contributed by atoms with Crippen LogP contribution in [0.1, 0.15) is 36.0 Å². The van der Waals surface area contributed by atoms with E-state index in [4.69, 9.17) is 15.7 Å². The van der Waals surface area contributed by atoms with Crippen molar-refractivity contribution in [2.45, 2.75) is 25.7 Å². The van der Waals surface area contributed by atoms with Gasteiger partial charge in [0.1, 0.15) is 5.82 Å². The summed E-state index contributed by atoms with van der Waals surface area (Å²) in [7, 11) is 2.15. The topological polar surface area (TPSA) is 87.4 Å². The summed E-state index contributed by atoms with van der Waals surface area (Å²) in [5, 5.41) is 4.08. The number of carbonyl (C=O) groups excluding carboxylic acids is 1. The molecule has 1 aliphatic heterocycles. The molecule has 184 valence electrons. The summed E-state index contributed by atoms with van der Waals surface area (Å²) in [6.07, 6.45) is 6.47. The maximum atomic E-state index is 13.3. The molecule has 7 nitrogen and oxygen atoms in total. The van der Waals surface area contributed by atoms with E-state index < -0.39 is 0 Å². The van der Waals surface area contributed by atoms with Crippen LogP contribution < -0.4 is 16.0 Å². The van der Waals surface area contributed by atoms with Crippen molar-refractivity contribution in [3.05, 3.63) is 54.2 Å². The maximum absolute atomic E-state index is 13.3. The van der Waals surface area contributed by atoms with Gasteiger partial charge in [-0.1, -0.05) is 18.2 Å². The van der Waals surface area contributed by atoms with Crippen LogP contribution in [-0.4, -0.2) is 67.1 Å². The van der Waals surface area contributed by atoms with Gasteiger partial charge >= 0.3 is 0 Å². The number of hydrogen-bond acceptors (Lipinski definition) is 6. The van der Waals surface area contributed by atoms with Gasteiger partial charge in [-0.05, 0) is 75.4 Å². The summed E-state index contributed by atoms with van der Waals surface area (Å²) in [5.74, 6) is 2.13. The molecule has 2 fully saturated rings. The molecule has 1 amide bonds. The summed E-state index contributed by atoms with van der Waals surface area (Å²) in [5.41, 5.74) is 9.01. The summed E-state index contributed by atoms with van der Waals surface area (Å²) in [6.45, 7) is 5.54. The summed E-state index contributed by atoms with van der Waals surface area (Å²) < 4.78 is 0. The lowest BCUT2D eigenvalue weighted by molar-refractivity contribution is 0.0943. The molecule has 7 heteroatoms. The van der Waals surface area contributed by atoms with E-state index in [-0.39, 0.29) is 5.91 Å². The summed E-state index contributed by atoms with van der Waals surface area (Å²) >= 11 is 0. The molecule has 2 aliphatic rings. The van der Waals surface area contributed by atoms with E-state index in [1.807, 2.05) is 36.5 Å². The van der Waals surface area contributed by atoms with Gasteiger partial charge in [0.25, 0.3) is 5.91 Å². The zero-order chi connectivity index (χ0) is 24.2. The van der Waals surface area contributed by atoms with Crippen molar-refractivity contribution in [1.82, 2.24) is 20.2 Å². The summed E-state index contributed by atoms with van der Waals surface area (Å²) in [4.78, 5) is 27.5. The van der Waals surface area contributed by atoms with E-state index >= 15 is 0 Å². The van der Waals surface area contributed by atoms with Gasteiger partial charge in [0.15, 0.2) is 0 Å². The third-order valence-corrected chi connectivity index (χ3v) is 7.68. The quantitative estimate of drug-likeness (QED) is 0.571. The first kappa shape index (κ1) is 23.7. The van der Waals surface area contributed by atoms with Gasteiger partial charge in [-0.3, -0.25) is 4.79 Å². The Morgan fingerprint density at radius 3 is 2.49 bits per heavy atom. The maximum Gasteiger partial charge on any atom is 0.252 e. The van der Waals surface area contributed by atoms with Gasteiger partial charge in [-0.15, -0.1) is 0 Å². The van der Waals surface area contributed by atoms with E-state index in [0.717, 1.165) is 86.4 Å². The number of hydrogen-bond donors (Lipinski definition) is 2. The molecule has 1 aliphatic carbocycles. The van der Waals surface area contributed by atoms with Crippen molar-refractivity contribution in [1.29, 1.82) is 0 Å². The Kier molecular flexibility index (Phi) is 7.25. The van der Waals surface area contributed by atoms with Crippen molar-refractivity contribution in [3.8, 4) is 11.3 Å². The molecule has 1 aromatic carbocycles. The molecule has 1 saturated heterocycles. The Bertz CT molecular complexity index is 1150. The lowest BCUT2D eigenvalue weighted by Crippen LogP contribution is -2.44. The van der Waals surface area contributed by atoms with Crippen LogP contribution in [0.3, 0.4) is 0 Å². The molecule has 3 heterocycles. The molecule has 35 heavy (non-hydrogen) atoms. The molecule has 0 spiro atoms. The van der Waals surface area contributed by atoms with Crippen LogP contribution in [-0.2, 0) is 0 Å². The van der Waals surface area contributed by atoms with E-state index in [1.54, 1.807) is 0 Å². The number of carbonyl (C=O) groups is 1. The minimum Gasteiger partial charge on any atom is -0.354 e. The molecule has 0 radical (unpaired) electrons. The lowest BCUT2D eigenvalue weighted by Gasteiger charge is -2.33. The Labute approximate surface area is 207 Å². The highest BCUT2D eigenvalue weighted by Crippen LogP contribution is 2.29. The monoisotopic (exact) mass is 472 g/mol. The highest BCUT2D eigenvalue weighted by Gasteiger charge is 2.22. The normalized spacial score (nSPS) is 21.3. The van der Waals surface area contributed by atoms with Crippen molar-refractivity contribution in [2.24, 2.45) is 17.6 Å². The average Bonchev–Trinajstić information content (AvgIpc) is 2.92. The zero-order valence-corrected chi connectivity index (χ0v) is 20.6. The third-order valence-electron chi connectivity index (χ3n) is 7.68. The van der Waals surface area contributed by atoms with Gasteiger partial charge in [0.2, 0.25) is 0 Å². The molecule has 0 unspecified atom stereocenters. The number of nitrogens with two attached hydrogens (primary N) is 1. The average molecular weight is 473 g/mol. The highest BCUT2D eigenvalue weighted by atomic mass is 16.1. The number of nitrogens with zero attached hydrogens (tertiary/aromatic N) is 4. The van der Waals surface area contributed by atoms with Gasteiger partial charge in [0, 0.05) is 49.9 Å². The van der Waals surface area contributed by atoms with E-state index in [9.17, 15) is 4.79 Å². The number of aromatic nitrogens is 2. The standard InChI is InChI=1S/C28H36N6O/c1-33-12-14-34(15-13-33)27-11-10-22(19-30-27)26-16-24(23-4-2-3-5-25(23)32-26)28(35)31-18-21-8-6-20(17-29)7-9-21/h2-5,10-11,16,19-21H,6-9,12-15,17-18,29H2,1H3,(H,31,35). The second-order valence-electron chi connectivity index (χ2n) is 10.1. The fourth-order valence-corrected chi connectivity index (χ4v) is 5.27. The molecule has 3 aromatic rings. The third kappa shape index (κ3) is 5.46. The molecule has 3 N–H and O–H groups in total. The van der Waals surface area contributed by atoms with Gasteiger partial charge in [-0.25, -0.2) is 9.97 Å². The predicted molar refractivity (Wildman–Crippen MR) is 142 cm³/mol. The number of fused-ring (bicyclic) bond motifs is 1. The van der Waals surface area contributed by atoms with E-state index in [0.29, 0.717) is 23.9 Å². The number of rotatable bonds is 6. The lowest BCUT2D eigenvalue weighted by atomic mass is 9.82. The fourth-order valence-electron chi connectivity index (χ4n) is 5.27. The number of likely N-dealkylation sites (N-methyl/N-ethyl adjacent to an activating group) is 1. The molecule has 0 bridgehead atoms. The van der Waals surface area contributed by atoms with Crippen LogP contribution in [0.2, 0.25) is 0 Å². The first-order valence-corrected chi connectivity index (χ1v) is 12.9. The minimum atomic E-state index is -0.0344. The first-order valence-electron chi connectivity index (χ1n) is 12.9. The smallest absolute Gasteiger partial charge is 0.252 e. The Morgan fingerprint density at radius 2 is 1.77 bits per heavy atom. The molecule has 5 rings (SSSR count). The van der Waals surface area contributed by atoms with E-state index in [1.165, 1.54) is 0 Å². The molecule has 1 saturated carbocycles. The van der Waals surface area contributed by atoms with Crippen LogP contribution in [0.4, 0.5) is 5.82 Å². The SMILES string of the molecule is CN1CCN(c2ccc(-c3cc(C(=O)NCC4CCC(CN)CC4)c4ccccc4n3)cn2)CC1. The van der Waals surface area contributed by atoms with Gasteiger partial charge in [0.05, 0.1) is 16.8 Å². The number of benzene rings is 1. The Hall–Kier alpha value is -3.03. The van der Waals surface area contributed by atoms with Crippen LogP contribution in [0.15, 0.2) is 48.7 Å². The van der Waals surface area contributed by atoms with Gasteiger partial charge < -0.3 is 20.9 Å². The van der Waals surface area contributed by atoms with Crippen LogP contribution >= 0.6 is 0 Å². The highest BCUT2D eigenvalue weighted by molar-refractivity contribution is 6.07. The number of piperazine rings is 1. The van der Waals surface area contributed by atoms with Crippen molar-refractivity contribution in [2.75, 3.05) is 51.2 Å². The first-order chi connectivity index (χ1) is 17.1. The summed E-state index contributed by atoms with van der Waals surface area (Å²) in [6, 6.07) is 13.9. The van der Waals surface area contributed by atoms with Crippen molar-refractivity contribution >= 4 is 22.6 Å². The number of para-hydroxylation sites is 1. The van der Waals surface area contributed by atoms with Crippen molar-refractivity contribution < 1.29 is 4.79 Å². The molecular weight excluding hydrogens is 436 g/mol. The molecular formula is C28H36N6O. The van der Waals surface area contributed by atoms with Crippen LogP contribution in [0.5, 0.6) is 0 Å². The minimum absolute atomic E-state index is 0.0344. The van der Waals surface area contributed by atoms with Crippen LogP contribution in [0, 0.1) is 11.8 Å². The number of nitrogens with one attached hydrogen (secondary N) is 1. The second kappa shape index (κ2) is 10.7. The largest absolute Gasteiger partial charge is 0.354 e. The molecule has 2 aromatic heterocycles. The zero-order valence-electron chi connectivity index (χ0n) is 20.6. The second-order valence-corrected chi connectivity index (χ2v) is 10.1. The van der Waals surface area contributed by atoms with Crippen LogP contribution in [0.25, 0.3) is 22.2 Å². The fraction of sp³-hybridized carbons (Fsp3) is 0.464. The molecule has 0 atom stereocenters. The van der Waals surface area contributed by atoms with Gasteiger partial charge in [-0.2, -0.15) is 0 Å².